The van der Waals surface area contributed by atoms with E-state index in [1.54, 1.807) is 0 Å². The summed E-state index contributed by atoms with van der Waals surface area (Å²) < 4.78 is 6.21. The lowest BCUT2D eigenvalue weighted by Crippen LogP contribution is -2.49. The van der Waals surface area contributed by atoms with Gasteiger partial charge in [0.25, 0.3) is 0 Å². The number of carbonyl (C=O) groups excluding carboxylic acids is 1. The number of hydrazine groups is 1. The number of Topliss-reactive ketones (excluding diaryl/α,β-unsaturated/α-hetero) is 1. The number of nitrogens with one attached hydrogen (secondary N) is 2. The van der Waals surface area contributed by atoms with Crippen molar-refractivity contribution in [2.75, 3.05) is 19.6 Å². The SMILES string of the molecule is O=C1CC2(CCN(Cc3ccccc3)CC2)OC2=C1NNC2. The molecule has 0 unspecified atom stereocenters. The minimum Gasteiger partial charge on any atom is -0.487 e. The lowest BCUT2D eigenvalue weighted by molar-refractivity contribution is -0.129. The van der Waals surface area contributed by atoms with Crippen LogP contribution in [0.25, 0.3) is 0 Å². The monoisotopic (exact) mass is 299 g/mol. The van der Waals surface area contributed by atoms with Crippen molar-refractivity contribution in [1.82, 2.24) is 15.8 Å². The van der Waals surface area contributed by atoms with E-state index in [1.807, 2.05) is 6.07 Å². The molecule has 0 atom stereocenters. The first-order valence-corrected chi connectivity index (χ1v) is 7.95. The highest BCUT2D eigenvalue weighted by molar-refractivity contribution is 5.97. The number of ketones is 1. The molecule has 3 aliphatic rings. The van der Waals surface area contributed by atoms with Gasteiger partial charge < -0.3 is 10.2 Å². The van der Waals surface area contributed by atoms with E-state index in [4.69, 9.17) is 4.74 Å². The first-order valence-electron chi connectivity index (χ1n) is 7.95. The number of piperidine rings is 1. The van der Waals surface area contributed by atoms with Gasteiger partial charge in [0.2, 0.25) is 0 Å². The normalized spacial score (nSPS) is 24.1. The van der Waals surface area contributed by atoms with Crippen molar-refractivity contribution in [2.24, 2.45) is 0 Å². The number of allylic oxidation sites excluding steroid dienone is 1. The number of nitrogens with zero attached hydrogens (tertiary/aromatic N) is 1. The number of benzene rings is 1. The molecule has 3 heterocycles. The molecule has 1 saturated heterocycles. The molecule has 1 spiro atoms. The van der Waals surface area contributed by atoms with Crippen LogP contribution in [0.15, 0.2) is 41.8 Å². The largest absolute Gasteiger partial charge is 0.487 e. The van der Waals surface area contributed by atoms with E-state index in [2.05, 4.69) is 40.0 Å². The van der Waals surface area contributed by atoms with Gasteiger partial charge >= 0.3 is 0 Å². The summed E-state index contributed by atoms with van der Waals surface area (Å²) in [4.78, 5) is 14.7. The molecule has 0 aliphatic carbocycles. The van der Waals surface area contributed by atoms with Gasteiger partial charge in [-0.05, 0) is 5.56 Å². The van der Waals surface area contributed by atoms with Gasteiger partial charge in [-0.2, -0.15) is 0 Å². The third-order valence-corrected chi connectivity index (χ3v) is 4.86. The smallest absolute Gasteiger partial charge is 0.187 e. The molecule has 0 aromatic heterocycles. The van der Waals surface area contributed by atoms with Gasteiger partial charge in [0, 0.05) is 32.5 Å². The number of rotatable bonds is 2. The number of ether oxygens (including phenoxy) is 1. The quantitative estimate of drug-likeness (QED) is 0.863. The van der Waals surface area contributed by atoms with E-state index in [0.29, 0.717) is 18.7 Å². The Balaban J connectivity index is 1.41. The average Bonchev–Trinajstić information content (AvgIpc) is 3.00. The van der Waals surface area contributed by atoms with Crippen LogP contribution in [0.4, 0.5) is 0 Å². The van der Waals surface area contributed by atoms with Gasteiger partial charge in [-0.3, -0.25) is 9.69 Å². The minimum absolute atomic E-state index is 0.183. The van der Waals surface area contributed by atoms with Crippen LogP contribution in [0.5, 0.6) is 0 Å². The summed E-state index contributed by atoms with van der Waals surface area (Å²) in [7, 11) is 0. The summed E-state index contributed by atoms with van der Waals surface area (Å²) in [6.07, 6.45) is 2.34. The summed E-state index contributed by atoms with van der Waals surface area (Å²) >= 11 is 0. The zero-order valence-electron chi connectivity index (χ0n) is 12.6. The van der Waals surface area contributed by atoms with Gasteiger partial charge in [0.05, 0.1) is 13.0 Å². The summed E-state index contributed by atoms with van der Waals surface area (Å²) in [5, 5.41) is 0. The average molecular weight is 299 g/mol. The fourth-order valence-electron chi connectivity index (χ4n) is 3.60. The molecular formula is C17H21N3O2. The zero-order valence-corrected chi connectivity index (χ0v) is 12.6. The molecule has 0 radical (unpaired) electrons. The third kappa shape index (κ3) is 2.51. The highest BCUT2D eigenvalue weighted by atomic mass is 16.5. The fourth-order valence-corrected chi connectivity index (χ4v) is 3.60. The Morgan fingerprint density at radius 3 is 2.73 bits per heavy atom. The second-order valence-electron chi connectivity index (χ2n) is 6.42. The van der Waals surface area contributed by atoms with Gasteiger partial charge in [0.15, 0.2) is 5.78 Å². The molecule has 1 aromatic rings. The predicted molar refractivity (Wildman–Crippen MR) is 82.6 cm³/mol. The summed E-state index contributed by atoms with van der Waals surface area (Å²) in [5.74, 6) is 0.982. The Hall–Kier alpha value is -1.85. The molecule has 5 nitrogen and oxygen atoms in total. The molecule has 0 saturated carbocycles. The summed E-state index contributed by atoms with van der Waals surface area (Å²) in [5.41, 5.74) is 7.59. The number of hydrogen-bond donors (Lipinski definition) is 2. The van der Waals surface area contributed by atoms with Gasteiger partial charge in [-0.1, -0.05) is 30.3 Å². The first kappa shape index (κ1) is 13.8. The Bertz CT molecular complexity index is 604. The zero-order chi connectivity index (χ0) is 15.0. The molecule has 5 heteroatoms. The number of carbonyl (C=O) groups is 1. The van der Waals surface area contributed by atoms with E-state index in [0.717, 1.165) is 38.2 Å². The van der Waals surface area contributed by atoms with Crippen molar-refractivity contribution in [3.05, 3.63) is 47.4 Å². The van der Waals surface area contributed by atoms with Crippen molar-refractivity contribution in [1.29, 1.82) is 0 Å². The Labute approximate surface area is 130 Å². The molecule has 2 N–H and O–H groups in total. The van der Waals surface area contributed by atoms with Crippen LogP contribution < -0.4 is 10.9 Å². The predicted octanol–water partition coefficient (Wildman–Crippen LogP) is 1.33. The van der Waals surface area contributed by atoms with E-state index < -0.39 is 0 Å². The maximum atomic E-state index is 12.3. The van der Waals surface area contributed by atoms with Crippen molar-refractivity contribution < 1.29 is 9.53 Å². The topological polar surface area (TPSA) is 53.6 Å². The van der Waals surface area contributed by atoms with Gasteiger partial charge in [-0.15, -0.1) is 0 Å². The summed E-state index contributed by atoms with van der Waals surface area (Å²) in [6, 6.07) is 10.5. The van der Waals surface area contributed by atoms with Crippen LogP contribution in [0, 0.1) is 0 Å². The van der Waals surface area contributed by atoms with Gasteiger partial charge in [0.1, 0.15) is 17.1 Å². The van der Waals surface area contributed by atoms with E-state index in [9.17, 15) is 4.79 Å². The highest BCUT2D eigenvalue weighted by Crippen LogP contribution is 2.37. The van der Waals surface area contributed by atoms with Crippen LogP contribution >= 0.6 is 0 Å². The Kier molecular flexibility index (Phi) is 3.39. The Morgan fingerprint density at radius 2 is 1.95 bits per heavy atom. The third-order valence-electron chi connectivity index (χ3n) is 4.86. The molecule has 22 heavy (non-hydrogen) atoms. The fraction of sp³-hybridized carbons (Fsp3) is 0.471. The van der Waals surface area contributed by atoms with Crippen molar-refractivity contribution in [3.63, 3.8) is 0 Å². The van der Waals surface area contributed by atoms with Crippen LogP contribution in [0.3, 0.4) is 0 Å². The second kappa shape index (κ2) is 5.41. The minimum atomic E-state index is -0.281. The molecule has 1 aromatic carbocycles. The molecule has 1 fully saturated rings. The maximum absolute atomic E-state index is 12.3. The molecule has 3 aliphatic heterocycles. The van der Waals surface area contributed by atoms with Gasteiger partial charge in [-0.25, -0.2) is 5.43 Å². The lowest BCUT2D eigenvalue weighted by Gasteiger charge is -2.43. The van der Waals surface area contributed by atoms with Crippen molar-refractivity contribution >= 4 is 5.78 Å². The van der Waals surface area contributed by atoms with Crippen LogP contribution in [-0.2, 0) is 16.1 Å². The van der Waals surface area contributed by atoms with E-state index >= 15 is 0 Å². The van der Waals surface area contributed by atoms with Crippen molar-refractivity contribution in [3.8, 4) is 0 Å². The van der Waals surface area contributed by atoms with Crippen LogP contribution in [0.1, 0.15) is 24.8 Å². The molecular weight excluding hydrogens is 278 g/mol. The number of likely N-dealkylation sites (tertiary alicyclic amines) is 1. The standard InChI is InChI=1S/C17H21N3O2/c21-14-10-17(22-15-11-18-19-16(14)15)6-8-20(9-7-17)12-13-4-2-1-3-5-13/h1-5,18-19H,6-12H2. The molecule has 116 valence electrons. The van der Waals surface area contributed by atoms with Crippen molar-refractivity contribution in [2.45, 2.75) is 31.4 Å². The Morgan fingerprint density at radius 1 is 1.18 bits per heavy atom. The van der Waals surface area contributed by atoms with Crippen LogP contribution in [0.2, 0.25) is 0 Å². The highest BCUT2D eigenvalue weighted by Gasteiger charge is 2.44. The van der Waals surface area contributed by atoms with Crippen LogP contribution in [-0.4, -0.2) is 35.9 Å². The molecule has 4 rings (SSSR count). The summed E-state index contributed by atoms with van der Waals surface area (Å²) in [6.45, 7) is 3.54. The molecule has 0 bridgehead atoms. The molecule has 0 amide bonds. The lowest BCUT2D eigenvalue weighted by atomic mass is 9.83. The number of hydrogen-bond acceptors (Lipinski definition) is 5. The first-order chi connectivity index (χ1) is 10.7. The van der Waals surface area contributed by atoms with E-state index in [-0.39, 0.29) is 11.4 Å². The second-order valence-corrected chi connectivity index (χ2v) is 6.42. The maximum Gasteiger partial charge on any atom is 0.187 e. The van der Waals surface area contributed by atoms with E-state index in [1.165, 1.54) is 5.56 Å².